The van der Waals surface area contributed by atoms with E-state index >= 15 is 0 Å². The Balaban J connectivity index is 1.40. The van der Waals surface area contributed by atoms with Gasteiger partial charge in [-0.2, -0.15) is 5.26 Å². The summed E-state index contributed by atoms with van der Waals surface area (Å²) in [4.78, 5) is 30.9. The number of benzene rings is 3. The molecule has 3 aromatic carbocycles. The van der Waals surface area contributed by atoms with Gasteiger partial charge in [0.05, 0.1) is 17.1 Å². The van der Waals surface area contributed by atoms with E-state index < -0.39 is 53.9 Å². The van der Waals surface area contributed by atoms with Gasteiger partial charge in [-0.1, -0.05) is 35.9 Å². The number of anilines is 1. The maximum absolute atomic E-state index is 15.0. The smallest absolute Gasteiger partial charge is 0.326 e. The van der Waals surface area contributed by atoms with Crippen molar-refractivity contribution >= 4 is 40.1 Å². The van der Waals surface area contributed by atoms with Crippen LogP contribution in [0.1, 0.15) is 34.3 Å². The number of hydrogen-bond donors (Lipinski definition) is 2. The minimum absolute atomic E-state index is 0.0123. The van der Waals surface area contributed by atoms with Gasteiger partial charge in [0.2, 0.25) is 0 Å². The van der Waals surface area contributed by atoms with E-state index in [4.69, 9.17) is 16.9 Å². The molecule has 43 heavy (non-hydrogen) atoms. The molecule has 0 saturated carbocycles. The number of carbonyl (C=O) groups excluding carboxylic acids is 1. The molecule has 2 heterocycles. The highest BCUT2D eigenvalue weighted by atomic mass is 35.5. The number of rotatable bonds is 7. The summed E-state index contributed by atoms with van der Waals surface area (Å²) in [6.07, 6.45) is 0.372. The number of pyridine rings is 1. The first-order chi connectivity index (χ1) is 20.5. The molecule has 1 aliphatic heterocycles. The van der Waals surface area contributed by atoms with E-state index in [1.165, 1.54) is 11.0 Å². The average molecular weight is 611 g/mol. The zero-order valence-corrected chi connectivity index (χ0v) is 23.1. The lowest BCUT2D eigenvalue weighted by atomic mass is 9.94. The van der Waals surface area contributed by atoms with Crippen molar-refractivity contribution in [1.82, 2.24) is 10.3 Å². The van der Waals surface area contributed by atoms with Gasteiger partial charge < -0.3 is 15.3 Å². The predicted octanol–water partition coefficient (Wildman–Crippen LogP) is 6.37. The second-order valence-corrected chi connectivity index (χ2v) is 10.6. The molecule has 0 unspecified atom stereocenters. The molecule has 7 nitrogen and oxygen atoms in total. The fourth-order valence-corrected chi connectivity index (χ4v) is 5.41. The fourth-order valence-electron chi connectivity index (χ4n) is 5.13. The minimum Gasteiger partial charge on any atom is -0.480 e. The number of halogens is 5. The number of carboxylic acids is 1. The second kappa shape index (κ2) is 11.9. The van der Waals surface area contributed by atoms with Crippen LogP contribution in [0.15, 0.2) is 60.8 Å². The van der Waals surface area contributed by atoms with E-state index in [1.54, 1.807) is 42.6 Å². The topological polar surface area (TPSA) is 106 Å². The number of hydrogen-bond acceptors (Lipinski definition) is 5. The van der Waals surface area contributed by atoms with E-state index in [0.29, 0.717) is 38.2 Å². The van der Waals surface area contributed by atoms with Gasteiger partial charge in [-0.15, -0.1) is 0 Å². The molecule has 0 spiro atoms. The van der Waals surface area contributed by atoms with E-state index in [1.807, 2.05) is 6.07 Å². The maximum atomic E-state index is 15.0. The fraction of sp³-hybridized carbons (Fsp3) is 0.226. The molecule has 1 amide bonds. The van der Waals surface area contributed by atoms with E-state index in [-0.39, 0.29) is 25.2 Å². The summed E-state index contributed by atoms with van der Waals surface area (Å²) in [5.74, 6) is -8.05. The Morgan fingerprint density at radius 2 is 1.74 bits per heavy atom. The van der Waals surface area contributed by atoms with Crippen LogP contribution >= 0.6 is 11.6 Å². The van der Waals surface area contributed by atoms with E-state index in [2.05, 4.69) is 10.3 Å². The standard InChI is InChI=1S/C31H23ClF4N4O3/c32-23-12-17(16-37)3-5-21(23)22-6-4-18(20-2-1-9-38-28(20)22)13-26(30(42)43)39-29(41)27-24(33)14-19(15-25(27)34)40-10-7-31(35,36)8-11-40/h1-6,9,12,14-15,26H,7-8,10-11,13H2,(H,39,41)(H,42,43)/t26-/m0/s1. The molecule has 1 aromatic heterocycles. The second-order valence-electron chi connectivity index (χ2n) is 10.2. The van der Waals surface area contributed by atoms with Crippen molar-refractivity contribution in [3.05, 3.63) is 94.1 Å². The Hall–Kier alpha value is -4.69. The number of nitriles is 1. The Morgan fingerprint density at radius 1 is 1.07 bits per heavy atom. The third kappa shape index (κ3) is 6.24. The summed E-state index contributed by atoms with van der Waals surface area (Å²) in [6.45, 7) is -0.227. The summed E-state index contributed by atoms with van der Waals surface area (Å²) in [5, 5.41) is 22.1. The third-order valence-corrected chi connectivity index (χ3v) is 7.70. The zero-order valence-electron chi connectivity index (χ0n) is 22.4. The molecule has 220 valence electrons. The summed E-state index contributed by atoms with van der Waals surface area (Å²) >= 11 is 6.42. The predicted molar refractivity (Wildman–Crippen MR) is 152 cm³/mol. The highest BCUT2D eigenvalue weighted by molar-refractivity contribution is 6.33. The number of fused-ring (bicyclic) bond motifs is 1. The number of amides is 1. The van der Waals surface area contributed by atoms with Crippen molar-refractivity contribution in [2.45, 2.75) is 31.2 Å². The van der Waals surface area contributed by atoms with Crippen molar-refractivity contribution < 1.29 is 32.3 Å². The number of alkyl halides is 2. The normalized spacial score (nSPS) is 15.1. The van der Waals surface area contributed by atoms with Gasteiger partial charge in [0.1, 0.15) is 23.2 Å². The Labute approximate surface area is 248 Å². The van der Waals surface area contributed by atoms with Crippen LogP contribution in [0, 0.1) is 23.0 Å². The number of carboxylic acid groups (broad SMARTS) is 1. The minimum atomic E-state index is -2.85. The van der Waals surface area contributed by atoms with Gasteiger partial charge in [0, 0.05) is 65.8 Å². The highest BCUT2D eigenvalue weighted by Crippen LogP contribution is 2.35. The summed E-state index contributed by atoms with van der Waals surface area (Å²) < 4.78 is 57.0. The monoisotopic (exact) mass is 610 g/mol. The van der Waals surface area contributed by atoms with E-state index in [9.17, 15) is 32.3 Å². The number of nitrogens with zero attached hydrogens (tertiary/aromatic N) is 3. The van der Waals surface area contributed by atoms with Crippen LogP contribution < -0.4 is 10.2 Å². The Kier molecular flexibility index (Phi) is 8.24. The first-order valence-corrected chi connectivity index (χ1v) is 13.6. The number of piperidine rings is 1. The molecule has 2 N–H and O–H groups in total. The van der Waals surface area contributed by atoms with Crippen LogP contribution in [0.3, 0.4) is 0 Å². The van der Waals surface area contributed by atoms with Gasteiger partial charge in [-0.25, -0.2) is 22.4 Å². The molecule has 12 heteroatoms. The first-order valence-electron chi connectivity index (χ1n) is 13.2. The lowest BCUT2D eigenvalue weighted by Crippen LogP contribution is -2.43. The lowest BCUT2D eigenvalue weighted by molar-refractivity contribution is -0.139. The van der Waals surface area contributed by atoms with Crippen molar-refractivity contribution in [1.29, 1.82) is 5.26 Å². The Morgan fingerprint density at radius 3 is 2.37 bits per heavy atom. The van der Waals surface area contributed by atoms with Crippen molar-refractivity contribution in [3.63, 3.8) is 0 Å². The largest absolute Gasteiger partial charge is 0.480 e. The SMILES string of the molecule is N#Cc1ccc(-c2ccc(C[C@H](NC(=O)c3c(F)cc(N4CCC(F)(F)CC4)cc3F)C(=O)O)c3cccnc23)c(Cl)c1. The molecular weight excluding hydrogens is 588 g/mol. The van der Waals surface area contributed by atoms with Crippen LogP contribution in [0.25, 0.3) is 22.0 Å². The van der Waals surface area contributed by atoms with Gasteiger partial charge in [0.25, 0.3) is 11.8 Å². The number of nitrogens with one attached hydrogen (secondary N) is 1. The number of aliphatic carboxylic acids is 1. The molecule has 0 bridgehead atoms. The summed E-state index contributed by atoms with van der Waals surface area (Å²) in [5.41, 5.74) is 1.63. The maximum Gasteiger partial charge on any atom is 0.326 e. The van der Waals surface area contributed by atoms with Crippen LogP contribution in [0.2, 0.25) is 5.02 Å². The van der Waals surface area contributed by atoms with Crippen LogP contribution in [-0.4, -0.2) is 47.0 Å². The van der Waals surface area contributed by atoms with Crippen LogP contribution in [-0.2, 0) is 11.2 Å². The van der Waals surface area contributed by atoms with Gasteiger partial charge in [0.15, 0.2) is 0 Å². The summed E-state index contributed by atoms with van der Waals surface area (Å²) in [7, 11) is 0. The van der Waals surface area contributed by atoms with Gasteiger partial charge in [-0.3, -0.25) is 9.78 Å². The highest BCUT2D eigenvalue weighted by Gasteiger charge is 2.35. The zero-order chi connectivity index (χ0) is 30.9. The Bertz CT molecular complexity index is 1760. The molecule has 0 aliphatic carbocycles. The molecule has 1 aliphatic rings. The van der Waals surface area contributed by atoms with Crippen molar-refractivity contribution in [2.24, 2.45) is 0 Å². The van der Waals surface area contributed by atoms with Crippen LogP contribution in [0.5, 0.6) is 0 Å². The average Bonchev–Trinajstić information content (AvgIpc) is 2.96. The summed E-state index contributed by atoms with van der Waals surface area (Å²) in [6, 6.07) is 13.7. The van der Waals surface area contributed by atoms with Crippen LogP contribution in [0.4, 0.5) is 23.2 Å². The number of carbonyl (C=O) groups is 2. The molecule has 1 atom stereocenters. The molecule has 0 radical (unpaired) electrons. The third-order valence-electron chi connectivity index (χ3n) is 7.39. The first kappa shape index (κ1) is 29.8. The molecule has 1 fully saturated rings. The molecule has 5 rings (SSSR count). The molecule has 1 saturated heterocycles. The lowest BCUT2D eigenvalue weighted by Gasteiger charge is -2.33. The molecular formula is C31H23ClF4N4O3. The van der Waals surface area contributed by atoms with Crippen molar-refractivity contribution in [3.8, 4) is 17.2 Å². The van der Waals surface area contributed by atoms with Gasteiger partial charge in [-0.05, 0) is 35.9 Å². The van der Waals surface area contributed by atoms with Gasteiger partial charge >= 0.3 is 5.97 Å². The van der Waals surface area contributed by atoms with Crippen molar-refractivity contribution in [2.75, 3.05) is 18.0 Å². The number of aromatic nitrogens is 1. The molecule has 4 aromatic rings. The van der Waals surface area contributed by atoms with E-state index in [0.717, 1.165) is 12.1 Å². The quantitative estimate of drug-likeness (QED) is 0.236.